The van der Waals surface area contributed by atoms with Gasteiger partial charge >= 0.3 is 0 Å². The van der Waals surface area contributed by atoms with E-state index in [0.29, 0.717) is 30.0 Å². The van der Waals surface area contributed by atoms with Gasteiger partial charge in [-0.15, -0.1) is 10.2 Å². The Hall–Kier alpha value is -2.17. The van der Waals surface area contributed by atoms with E-state index in [1.807, 2.05) is 31.2 Å². The molecule has 5 nitrogen and oxygen atoms in total. The smallest absolute Gasteiger partial charge is 0.247 e. The number of carbonyl (C=O) groups excluding carboxylic acids is 1. The highest BCUT2D eigenvalue weighted by molar-refractivity contribution is 5.76. The fraction of sp³-hybridized carbons (Fsp3) is 0.625. The zero-order chi connectivity index (χ0) is 20.0. The van der Waals surface area contributed by atoms with Gasteiger partial charge in [-0.25, -0.2) is 0 Å². The summed E-state index contributed by atoms with van der Waals surface area (Å²) >= 11 is 0. The van der Waals surface area contributed by atoms with E-state index < -0.39 is 0 Å². The van der Waals surface area contributed by atoms with E-state index in [1.54, 1.807) is 0 Å². The molecule has 4 aliphatic rings. The molecule has 2 aromatic rings. The van der Waals surface area contributed by atoms with Crippen molar-refractivity contribution in [3.8, 4) is 11.5 Å². The molecule has 4 fully saturated rings. The normalized spacial score (nSPS) is 31.0. The van der Waals surface area contributed by atoms with Gasteiger partial charge in [0.25, 0.3) is 0 Å². The van der Waals surface area contributed by atoms with Gasteiger partial charge in [0.2, 0.25) is 17.7 Å². The molecule has 154 valence electrons. The number of amides is 1. The Balaban J connectivity index is 1.16. The minimum Gasteiger partial charge on any atom is -0.421 e. The molecule has 6 rings (SSSR count). The monoisotopic (exact) mass is 393 g/mol. The summed E-state index contributed by atoms with van der Waals surface area (Å²) in [6.07, 6.45) is 9.10. The minimum atomic E-state index is 0.100. The van der Waals surface area contributed by atoms with Crippen LogP contribution in [0.5, 0.6) is 0 Å². The molecule has 0 aliphatic heterocycles. The molecule has 29 heavy (non-hydrogen) atoms. The van der Waals surface area contributed by atoms with E-state index in [2.05, 4.69) is 22.4 Å². The van der Waals surface area contributed by atoms with Crippen LogP contribution in [0.2, 0.25) is 0 Å². The lowest BCUT2D eigenvalue weighted by atomic mass is 9.48. The number of carbonyl (C=O) groups is 1. The van der Waals surface area contributed by atoms with Crippen molar-refractivity contribution < 1.29 is 9.21 Å². The highest BCUT2D eigenvalue weighted by Gasteiger charge is 2.53. The van der Waals surface area contributed by atoms with Crippen LogP contribution in [0.3, 0.4) is 0 Å². The summed E-state index contributed by atoms with van der Waals surface area (Å²) in [5.41, 5.74) is 2.44. The first kappa shape index (κ1) is 18.8. The van der Waals surface area contributed by atoms with Crippen LogP contribution in [0.15, 0.2) is 28.7 Å². The molecule has 1 N–H and O–H groups in total. The maximum Gasteiger partial charge on any atom is 0.247 e. The largest absolute Gasteiger partial charge is 0.421 e. The number of nitrogens with one attached hydrogen (secondary N) is 1. The minimum absolute atomic E-state index is 0.100. The van der Waals surface area contributed by atoms with Crippen LogP contribution in [0, 0.1) is 30.1 Å². The molecule has 5 heteroatoms. The predicted octanol–water partition coefficient (Wildman–Crippen LogP) is 4.70. The Bertz CT molecular complexity index is 851. The summed E-state index contributed by atoms with van der Waals surface area (Å²) in [6, 6.07) is 8.27. The summed E-state index contributed by atoms with van der Waals surface area (Å²) in [5, 5.41) is 11.6. The van der Waals surface area contributed by atoms with Crippen molar-refractivity contribution in [2.75, 3.05) is 0 Å². The van der Waals surface area contributed by atoms with Crippen molar-refractivity contribution in [1.29, 1.82) is 0 Å². The molecule has 1 heterocycles. The van der Waals surface area contributed by atoms with Gasteiger partial charge in [0.05, 0.1) is 0 Å². The van der Waals surface area contributed by atoms with Crippen molar-refractivity contribution in [2.45, 2.75) is 71.3 Å². The Morgan fingerprint density at radius 1 is 1.10 bits per heavy atom. The molecule has 1 aromatic heterocycles. The number of hydrogen-bond acceptors (Lipinski definition) is 4. The highest BCUT2D eigenvalue weighted by atomic mass is 16.4. The lowest BCUT2D eigenvalue weighted by Crippen LogP contribution is -2.55. The van der Waals surface area contributed by atoms with E-state index in [4.69, 9.17) is 4.42 Å². The number of hydrogen-bond donors (Lipinski definition) is 1. The topological polar surface area (TPSA) is 68.0 Å². The summed E-state index contributed by atoms with van der Waals surface area (Å²) < 4.78 is 5.76. The van der Waals surface area contributed by atoms with Crippen LogP contribution in [-0.4, -0.2) is 22.1 Å². The molecule has 0 radical (unpaired) electrons. The average molecular weight is 394 g/mol. The third-order valence-electron chi connectivity index (χ3n) is 7.71. The number of rotatable bonds is 6. The van der Waals surface area contributed by atoms with Gasteiger partial charge in [0.1, 0.15) is 0 Å². The first-order valence-electron chi connectivity index (χ1n) is 11.2. The molecule has 0 saturated heterocycles. The number of benzene rings is 1. The molecule has 1 amide bonds. The molecular formula is C24H31N3O2. The second-order valence-electron chi connectivity index (χ2n) is 9.94. The van der Waals surface area contributed by atoms with Crippen molar-refractivity contribution >= 4 is 5.91 Å². The van der Waals surface area contributed by atoms with Gasteiger partial charge in [-0.3, -0.25) is 4.79 Å². The second kappa shape index (κ2) is 7.26. The van der Waals surface area contributed by atoms with Crippen molar-refractivity contribution in [3.05, 3.63) is 35.7 Å². The first-order valence-corrected chi connectivity index (χ1v) is 11.2. The van der Waals surface area contributed by atoms with E-state index >= 15 is 0 Å². The zero-order valence-corrected chi connectivity index (χ0v) is 17.5. The Labute approximate surface area is 172 Å². The van der Waals surface area contributed by atoms with Crippen molar-refractivity contribution in [3.63, 3.8) is 0 Å². The Morgan fingerprint density at radius 2 is 1.72 bits per heavy atom. The molecule has 1 aromatic carbocycles. The zero-order valence-electron chi connectivity index (χ0n) is 17.5. The van der Waals surface area contributed by atoms with Gasteiger partial charge in [-0.05, 0) is 87.7 Å². The first-order chi connectivity index (χ1) is 14.0. The maximum absolute atomic E-state index is 12.6. The third-order valence-corrected chi connectivity index (χ3v) is 7.71. The number of aromatic nitrogens is 2. The maximum atomic E-state index is 12.6. The summed E-state index contributed by atoms with van der Waals surface area (Å²) in [6.45, 7) is 4.28. The molecule has 4 bridgehead atoms. The van der Waals surface area contributed by atoms with E-state index in [9.17, 15) is 4.79 Å². The summed E-state index contributed by atoms with van der Waals surface area (Å²) in [4.78, 5) is 12.6. The molecule has 4 aliphatic carbocycles. The van der Waals surface area contributed by atoms with Gasteiger partial charge in [-0.2, -0.15) is 0 Å². The molecule has 1 unspecified atom stereocenters. The lowest BCUT2D eigenvalue weighted by molar-refractivity contribution is -0.125. The predicted molar refractivity (Wildman–Crippen MR) is 111 cm³/mol. The van der Waals surface area contributed by atoms with Crippen LogP contribution in [0.1, 0.15) is 63.3 Å². The summed E-state index contributed by atoms with van der Waals surface area (Å²) in [5.74, 6) is 3.85. The Morgan fingerprint density at radius 3 is 2.34 bits per heavy atom. The third kappa shape index (κ3) is 3.72. The quantitative estimate of drug-likeness (QED) is 0.772. The van der Waals surface area contributed by atoms with E-state index in [0.717, 1.165) is 23.3 Å². The second-order valence-corrected chi connectivity index (χ2v) is 9.94. The molecule has 1 atom stereocenters. The number of aryl methyl sites for hydroxylation is 2. The SMILES string of the molecule is Cc1ccc(-c2nnc(CCC(=O)NC(C)C34CC5CC(CC(C5)C3)C4)o2)cc1. The summed E-state index contributed by atoms with van der Waals surface area (Å²) in [7, 11) is 0. The lowest BCUT2D eigenvalue weighted by Gasteiger charge is -2.59. The van der Waals surface area contributed by atoms with Crippen molar-refractivity contribution in [2.24, 2.45) is 23.2 Å². The fourth-order valence-corrected chi connectivity index (χ4v) is 6.56. The van der Waals surface area contributed by atoms with Gasteiger partial charge in [0.15, 0.2) is 0 Å². The van der Waals surface area contributed by atoms with Crippen LogP contribution >= 0.6 is 0 Å². The number of nitrogens with zero attached hydrogens (tertiary/aromatic N) is 2. The van der Waals surface area contributed by atoms with Gasteiger partial charge in [-0.1, -0.05) is 17.7 Å². The fourth-order valence-electron chi connectivity index (χ4n) is 6.56. The van der Waals surface area contributed by atoms with Gasteiger partial charge < -0.3 is 9.73 Å². The van der Waals surface area contributed by atoms with E-state index in [1.165, 1.54) is 44.1 Å². The van der Waals surface area contributed by atoms with Crippen molar-refractivity contribution in [1.82, 2.24) is 15.5 Å². The Kier molecular flexibility index (Phi) is 4.72. The van der Waals surface area contributed by atoms with Gasteiger partial charge in [0, 0.05) is 24.4 Å². The standard InChI is InChI=1S/C24H31N3O2/c1-15-3-5-20(6-4-15)23-27-26-22(29-23)8-7-21(28)25-16(2)24-12-17-9-18(13-24)11-19(10-17)14-24/h3-6,16-19H,7-14H2,1-2H3,(H,25,28). The molecule has 0 spiro atoms. The van der Waals surface area contributed by atoms with Crippen LogP contribution in [0.4, 0.5) is 0 Å². The molecule has 4 saturated carbocycles. The van der Waals surface area contributed by atoms with Crippen LogP contribution < -0.4 is 5.32 Å². The van der Waals surface area contributed by atoms with E-state index in [-0.39, 0.29) is 11.9 Å². The van der Waals surface area contributed by atoms with Crippen LogP contribution in [0.25, 0.3) is 11.5 Å². The molecular weight excluding hydrogens is 362 g/mol. The average Bonchev–Trinajstić information content (AvgIpc) is 3.15. The van der Waals surface area contributed by atoms with Crippen LogP contribution in [-0.2, 0) is 11.2 Å². The highest BCUT2D eigenvalue weighted by Crippen LogP contribution is 2.61.